The van der Waals surface area contributed by atoms with Crippen molar-refractivity contribution in [3.05, 3.63) is 62.1 Å². The normalized spacial score (nSPS) is 10.2. The molecule has 0 aliphatic carbocycles. The van der Waals surface area contributed by atoms with Crippen molar-refractivity contribution in [3.8, 4) is 0 Å². The van der Waals surface area contributed by atoms with E-state index < -0.39 is 10.9 Å². The fraction of sp³-hybridized carbons (Fsp3) is 0. The number of nitrogens with zero attached hydrogens (tertiary/aromatic N) is 1. The van der Waals surface area contributed by atoms with Crippen LogP contribution in [0.15, 0.2) is 36.4 Å². The first kappa shape index (κ1) is 15.1. The lowest BCUT2D eigenvalue weighted by molar-refractivity contribution is -0.384. The van der Waals surface area contributed by atoms with E-state index in [-0.39, 0.29) is 27.0 Å². The number of rotatable bonds is 4. The summed E-state index contributed by atoms with van der Waals surface area (Å²) in [6, 6.07) is 8.59. The minimum atomic E-state index is -1.11. The summed E-state index contributed by atoms with van der Waals surface area (Å²) < 4.78 is 0. The van der Waals surface area contributed by atoms with E-state index >= 15 is 0 Å². The van der Waals surface area contributed by atoms with E-state index in [9.17, 15) is 14.9 Å². The number of nitro groups is 1. The van der Waals surface area contributed by atoms with Gasteiger partial charge in [-0.05, 0) is 18.2 Å². The van der Waals surface area contributed by atoms with Crippen molar-refractivity contribution < 1.29 is 14.8 Å². The van der Waals surface area contributed by atoms with Crippen molar-refractivity contribution in [2.24, 2.45) is 0 Å². The molecule has 0 radical (unpaired) electrons. The standard InChI is InChI=1S/C13H8Cl2N2O4/c14-8-6-12(17(20)21)9(15)5-11(8)16-10-4-2-1-3-7(10)13(18)19/h1-6,16H,(H,18,19). The number of aromatic carboxylic acids is 1. The largest absolute Gasteiger partial charge is 0.478 e. The SMILES string of the molecule is O=C(O)c1ccccc1Nc1cc(Cl)c([N+](=O)[O-])cc1Cl. The van der Waals surface area contributed by atoms with Crippen LogP contribution in [0, 0.1) is 10.1 Å². The van der Waals surface area contributed by atoms with Gasteiger partial charge in [0.25, 0.3) is 5.69 Å². The second-order valence-electron chi connectivity index (χ2n) is 4.02. The van der Waals surface area contributed by atoms with Gasteiger partial charge in [0, 0.05) is 6.07 Å². The maximum Gasteiger partial charge on any atom is 0.337 e. The molecule has 0 aliphatic heterocycles. The van der Waals surface area contributed by atoms with Crippen molar-refractivity contribution in [3.63, 3.8) is 0 Å². The van der Waals surface area contributed by atoms with Crippen LogP contribution in [-0.4, -0.2) is 16.0 Å². The zero-order chi connectivity index (χ0) is 15.6. The van der Waals surface area contributed by atoms with Crippen LogP contribution in [0.25, 0.3) is 0 Å². The van der Waals surface area contributed by atoms with Crippen molar-refractivity contribution in [2.75, 3.05) is 5.32 Å². The maximum absolute atomic E-state index is 11.1. The molecule has 21 heavy (non-hydrogen) atoms. The van der Waals surface area contributed by atoms with E-state index in [0.717, 1.165) is 6.07 Å². The molecule has 0 aliphatic rings. The number of benzene rings is 2. The Kier molecular flexibility index (Phi) is 4.30. The lowest BCUT2D eigenvalue weighted by Gasteiger charge is -2.11. The number of para-hydroxylation sites is 1. The van der Waals surface area contributed by atoms with Crippen molar-refractivity contribution in [1.29, 1.82) is 0 Å². The van der Waals surface area contributed by atoms with Gasteiger partial charge in [0.1, 0.15) is 5.02 Å². The zero-order valence-corrected chi connectivity index (χ0v) is 11.9. The smallest absolute Gasteiger partial charge is 0.337 e. The second-order valence-corrected chi connectivity index (χ2v) is 4.83. The molecule has 6 nitrogen and oxygen atoms in total. The Morgan fingerprint density at radius 3 is 2.43 bits per heavy atom. The van der Waals surface area contributed by atoms with Gasteiger partial charge in [-0.3, -0.25) is 10.1 Å². The first-order valence-corrected chi connectivity index (χ1v) is 6.38. The first-order valence-electron chi connectivity index (χ1n) is 5.63. The van der Waals surface area contributed by atoms with Gasteiger partial charge in [0.15, 0.2) is 0 Å². The molecule has 0 atom stereocenters. The molecule has 2 aromatic rings. The quantitative estimate of drug-likeness (QED) is 0.643. The van der Waals surface area contributed by atoms with E-state index in [1.807, 2.05) is 0 Å². The molecule has 108 valence electrons. The average molecular weight is 327 g/mol. The van der Waals surface area contributed by atoms with E-state index in [1.165, 1.54) is 12.1 Å². The lowest BCUT2D eigenvalue weighted by Crippen LogP contribution is -2.03. The molecule has 0 unspecified atom stereocenters. The minimum Gasteiger partial charge on any atom is -0.478 e. The number of halogens is 2. The third-order valence-corrected chi connectivity index (χ3v) is 3.28. The van der Waals surface area contributed by atoms with Crippen LogP contribution >= 0.6 is 23.2 Å². The zero-order valence-electron chi connectivity index (χ0n) is 10.3. The summed E-state index contributed by atoms with van der Waals surface area (Å²) in [5, 5.41) is 22.6. The van der Waals surface area contributed by atoms with Gasteiger partial charge in [0.05, 0.1) is 26.9 Å². The Morgan fingerprint density at radius 1 is 1.14 bits per heavy atom. The third-order valence-electron chi connectivity index (χ3n) is 2.66. The number of carbonyl (C=O) groups is 1. The van der Waals surface area contributed by atoms with E-state index in [4.69, 9.17) is 28.3 Å². The molecule has 8 heteroatoms. The number of carboxylic acids is 1. The van der Waals surface area contributed by atoms with Gasteiger partial charge in [0.2, 0.25) is 0 Å². The monoisotopic (exact) mass is 326 g/mol. The van der Waals surface area contributed by atoms with Gasteiger partial charge >= 0.3 is 5.97 Å². The van der Waals surface area contributed by atoms with Crippen molar-refractivity contribution in [1.82, 2.24) is 0 Å². The average Bonchev–Trinajstić information content (AvgIpc) is 2.42. The second kappa shape index (κ2) is 5.99. The van der Waals surface area contributed by atoms with Crippen LogP contribution in [0.5, 0.6) is 0 Å². The maximum atomic E-state index is 11.1. The Bertz CT molecular complexity index is 734. The van der Waals surface area contributed by atoms with E-state index in [1.54, 1.807) is 18.2 Å². The number of anilines is 2. The summed E-state index contributed by atoms with van der Waals surface area (Å²) >= 11 is 11.8. The molecule has 2 N–H and O–H groups in total. The van der Waals surface area contributed by atoms with Crippen LogP contribution in [0.1, 0.15) is 10.4 Å². The molecule has 0 bridgehead atoms. The topological polar surface area (TPSA) is 92.5 Å². The summed E-state index contributed by atoms with van der Waals surface area (Å²) in [5.74, 6) is -1.11. The van der Waals surface area contributed by atoms with E-state index in [2.05, 4.69) is 5.32 Å². The Balaban J connectivity index is 2.44. The third kappa shape index (κ3) is 3.24. The number of hydrogen-bond donors (Lipinski definition) is 2. The van der Waals surface area contributed by atoms with Gasteiger partial charge in [-0.25, -0.2) is 4.79 Å². The highest BCUT2D eigenvalue weighted by Gasteiger charge is 2.17. The number of nitrogens with one attached hydrogen (secondary N) is 1. The van der Waals surface area contributed by atoms with Crippen LogP contribution < -0.4 is 5.32 Å². The predicted octanol–water partition coefficient (Wildman–Crippen LogP) is 4.34. The molecule has 2 aromatic carbocycles. The van der Waals surface area contributed by atoms with Crippen molar-refractivity contribution in [2.45, 2.75) is 0 Å². The Hall–Kier alpha value is -2.31. The summed E-state index contributed by atoms with van der Waals surface area (Å²) in [6.07, 6.45) is 0. The van der Waals surface area contributed by atoms with Crippen LogP contribution in [-0.2, 0) is 0 Å². The molecule has 0 saturated heterocycles. The highest BCUT2D eigenvalue weighted by atomic mass is 35.5. The summed E-state index contributed by atoms with van der Waals surface area (Å²) in [6.45, 7) is 0. The summed E-state index contributed by atoms with van der Waals surface area (Å²) in [7, 11) is 0. The summed E-state index contributed by atoms with van der Waals surface area (Å²) in [4.78, 5) is 21.2. The fourth-order valence-electron chi connectivity index (χ4n) is 1.70. The molecule has 0 fully saturated rings. The highest BCUT2D eigenvalue weighted by molar-refractivity contribution is 6.36. The van der Waals surface area contributed by atoms with Gasteiger partial charge < -0.3 is 10.4 Å². The molecule has 0 aromatic heterocycles. The molecule has 0 saturated carbocycles. The molecule has 0 spiro atoms. The Labute approximate surface area is 129 Å². The van der Waals surface area contributed by atoms with Crippen molar-refractivity contribution >= 4 is 46.2 Å². The fourth-order valence-corrected chi connectivity index (χ4v) is 2.13. The molecule has 2 rings (SSSR count). The molecule has 0 heterocycles. The Morgan fingerprint density at radius 2 is 1.81 bits per heavy atom. The number of carboxylic acid groups (broad SMARTS) is 1. The minimum absolute atomic E-state index is 0.0445. The predicted molar refractivity (Wildman–Crippen MR) is 79.8 cm³/mol. The van der Waals surface area contributed by atoms with Gasteiger partial charge in [-0.1, -0.05) is 35.3 Å². The van der Waals surface area contributed by atoms with Crippen LogP contribution in [0.3, 0.4) is 0 Å². The molecular weight excluding hydrogens is 319 g/mol. The molecular formula is C13H8Cl2N2O4. The van der Waals surface area contributed by atoms with Gasteiger partial charge in [-0.15, -0.1) is 0 Å². The van der Waals surface area contributed by atoms with Crippen LogP contribution in [0.2, 0.25) is 10.0 Å². The molecule has 0 amide bonds. The van der Waals surface area contributed by atoms with Crippen LogP contribution in [0.4, 0.5) is 17.1 Å². The number of hydrogen-bond acceptors (Lipinski definition) is 4. The number of nitro benzene ring substituents is 1. The van der Waals surface area contributed by atoms with Gasteiger partial charge in [-0.2, -0.15) is 0 Å². The van der Waals surface area contributed by atoms with E-state index in [0.29, 0.717) is 5.69 Å². The summed E-state index contributed by atoms with van der Waals surface area (Å²) in [5.41, 5.74) is 0.305. The highest BCUT2D eigenvalue weighted by Crippen LogP contribution is 2.35. The lowest BCUT2D eigenvalue weighted by atomic mass is 10.1. The first-order chi connectivity index (χ1) is 9.90.